The summed E-state index contributed by atoms with van der Waals surface area (Å²) in [5, 5.41) is 6.44. The molecule has 1 heterocycles. The molecular formula is C4H19N2O12P3. The van der Waals surface area contributed by atoms with E-state index in [0.29, 0.717) is 0 Å². The van der Waals surface area contributed by atoms with Crippen LogP contribution in [0.3, 0.4) is 0 Å². The zero-order chi connectivity index (χ0) is 17.7. The van der Waals surface area contributed by atoms with E-state index in [2.05, 4.69) is 10.6 Å². The molecule has 0 radical (unpaired) electrons. The molecule has 1 aliphatic rings. The first kappa shape index (κ1) is 26.2. The summed E-state index contributed by atoms with van der Waals surface area (Å²) in [5.74, 6) is 0. The molecular weight excluding hydrogens is 361 g/mol. The first-order valence-corrected chi connectivity index (χ1v) is 9.46. The van der Waals surface area contributed by atoms with Crippen molar-refractivity contribution >= 4 is 23.5 Å². The van der Waals surface area contributed by atoms with Crippen molar-refractivity contribution in [3.05, 3.63) is 0 Å². The van der Waals surface area contributed by atoms with Gasteiger partial charge in [0.2, 0.25) is 0 Å². The minimum Gasteiger partial charge on any atom is -0.314 e. The molecule has 1 aliphatic heterocycles. The van der Waals surface area contributed by atoms with Gasteiger partial charge in [0, 0.05) is 26.2 Å². The van der Waals surface area contributed by atoms with Crippen molar-refractivity contribution in [2.75, 3.05) is 26.2 Å². The van der Waals surface area contributed by atoms with Gasteiger partial charge in [0.15, 0.2) is 0 Å². The molecule has 1 rings (SSSR count). The van der Waals surface area contributed by atoms with Crippen molar-refractivity contribution < 1.29 is 57.7 Å². The van der Waals surface area contributed by atoms with Crippen LogP contribution in [0.1, 0.15) is 0 Å². The van der Waals surface area contributed by atoms with Gasteiger partial charge in [-0.3, -0.25) is 0 Å². The first-order valence-electron chi connectivity index (χ1n) is 4.76. The molecule has 0 aromatic heterocycles. The van der Waals surface area contributed by atoms with E-state index in [4.69, 9.17) is 57.7 Å². The molecule has 132 valence electrons. The highest BCUT2D eigenvalue weighted by molar-refractivity contribution is 7.45. The highest BCUT2D eigenvalue weighted by Gasteiger charge is 2.01. The molecule has 0 bridgehead atoms. The summed E-state index contributed by atoms with van der Waals surface area (Å²) in [6.45, 7) is 4.56. The topological polar surface area (TPSA) is 257 Å². The van der Waals surface area contributed by atoms with Gasteiger partial charge in [-0.15, -0.1) is 0 Å². The van der Waals surface area contributed by atoms with Crippen LogP contribution in [-0.4, -0.2) is 70.2 Å². The lowest BCUT2D eigenvalue weighted by Crippen LogP contribution is -2.39. The van der Waals surface area contributed by atoms with Crippen LogP contribution >= 0.6 is 23.5 Å². The van der Waals surface area contributed by atoms with Crippen LogP contribution in [0.2, 0.25) is 0 Å². The largest absolute Gasteiger partial charge is 0.466 e. The van der Waals surface area contributed by atoms with Crippen LogP contribution in [0.25, 0.3) is 0 Å². The van der Waals surface area contributed by atoms with E-state index in [1.54, 1.807) is 0 Å². The highest BCUT2D eigenvalue weighted by atomic mass is 31.2. The molecule has 0 unspecified atom stereocenters. The first-order chi connectivity index (χ1) is 9.00. The molecule has 0 aromatic carbocycles. The van der Waals surface area contributed by atoms with Crippen molar-refractivity contribution in [1.29, 1.82) is 0 Å². The molecule has 21 heavy (non-hydrogen) atoms. The van der Waals surface area contributed by atoms with Gasteiger partial charge >= 0.3 is 23.5 Å². The van der Waals surface area contributed by atoms with Gasteiger partial charge in [0.05, 0.1) is 0 Å². The Bertz CT molecular complexity index is 283. The van der Waals surface area contributed by atoms with E-state index in [9.17, 15) is 0 Å². The van der Waals surface area contributed by atoms with Crippen LogP contribution in [0.5, 0.6) is 0 Å². The highest BCUT2D eigenvalue weighted by Crippen LogP contribution is 2.26. The molecule has 0 aromatic rings. The molecule has 0 saturated carbocycles. The van der Waals surface area contributed by atoms with Gasteiger partial charge in [0.25, 0.3) is 0 Å². The standard InChI is InChI=1S/C4H10N2.3H3O4P/c1-2-6-4-3-5-1;3*1-5(2,3)4/h5-6H,1-4H2;3*(H3,1,2,3,4). The van der Waals surface area contributed by atoms with Gasteiger partial charge in [-0.25, -0.2) is 13.7 Å². The average molecular weight is 380 g/mol. The maximum atomic E-state index is 8.88. The third-order valence-corrected chi connectivity index (χ3v) is 0.957. The molecule has 0 spiro atoms. The zero-order valence-electron chi connectivity index (χ0n) is 10.4. The second kappa shape index (κ2) is 12.8. The van der Waals surface area contributed by atoms with Crippen molar-refractivity contribution in [3.8, 4) is 0 Å². The van der Waals surface area contributed by atoms with E-state index in [0.717, 1.165) is 26.2 Å². The van der Waals surface area contributed by atoms with Gasteiger partial charge in [-0.1, -0.05) is 0 Å². The van der Waals surface area contributed by atoms with E-state index in [-0.39, 0.29) is 0 Å². The summed E-state index contributed by atoms with van der Waals surface area (Å²) in [5.41, 5.74) is 0. The van der Waals surface area contributed by atoms with E-state index in [1.807, 2.05) is 0 Å². The quantitative estimate of drug-likeness (QED) is 0.181. The predicted molar refractivity (Wildman–Crippen MR) is 68.5 cm³/mol. The van der Waals surface area contributed by atoms with E-state index in [1.165, 1.54) is 0 Å². The molecule has 1 fully saturated rings. The molecule has 0 aliphatic carbocycles. The second-order valence-corrected chi connectivity index (χ2v) is 6.12. The van der Waals surface area contributed by atoms with Gasteiger partial charge < -0.3 is 54.7 Å². The third-order valence-electron chi connectivity index (χ3n) is 0.957. The second-order valence-electron chi connectivity index (χ2n) is 3.04. The number of piperazine rings is 1. The fraction of sp³-hybridized carbons (Fsp3) is 1.00. The summed E-state index contributed by atoms with van der Waals surface area (Å²) in [4.78, 5) is 64.7. The van der Waals surface area contributed by atoms with Crippen LogP contribution in [0.15, 0.2) is 0 Å². The Balaban J connectivity index is -0.000000207. The van der Waals surface area contributed by atoms with Crippen LogP contribution in [0, 0.1) is 0 Å². The molecule has 0 amide bonds. The number of phosphoric acid groups is 3. The predicted octanol–water partition coefficient (Wildman–Crippen LogP) is -3.61. The van der Waals surface area contributed by atoms with Crippen molar-refractivity contribution in [2.24, 2.45) is 0 Å². The Morgan fingerprint density at radius 2 is 0.571 bits per heavy atom. The molecule has 0 atom stereocenters. The smallest absolute Gasteiger partial charge is 0.314 e. The van der Waals surface area contributed by atoms with Crippen LogP contribution in [-0.2, 0) is 13.7 Å². The maximum Gasteiger partial charge on any atom is 0.466 e. The van der Waals surface area contributed by atoms with Crippen molar-refractivity contribution in [1.82, 2.24) is 10.6 Å². The van der Waals surface area contributed by atoms with Crippen molar-refractivity contribution in [3.63, 3.8) is 0 Å². The average Bonchev–Trinajstić information content (AvgIpc) is 2.12. The lowest BCUT2D eigenvalue weighted by molar-refractivity contribution is 0.272. The monoisotopic (exact) mass is 380 g/mol. The summed E-state index contributed by atoms with van der Waals surface area (Å²) in [6.07, 6.45) is 0. The lowest BCUT2D eigenvalue weighted by atomic mass is 10.4. The van der Waals surface area contributed by atoms with Gasteiger partial charge in [-0.05, 0) is 0 Å². The number of hydrogen-bond donors (Lipinski definition) is 11. The Morgan fingerprint density at radius 3 is 0.619 bits per heavy atom. The summed E-state index contributed by atoms with van der Waals surface area (Å²) in [6, 6.07) is 0. The summed E-state index contributed by atoms with van der Waals surface area (Å²) in [7, 11) is -13.9. The minimum atomic E-state index is -4.64. The number of rotatable bonds is 0. The van der Waals surface area contributed by atoms with E-state index < -0.39 is 23.5 Å². The molecule has 14 nitrogen and oxygen atoms in total. The van der Waals surface area contributed by atoms with Gasteiger partial charge in [0.1, 0.15) is 0 Å². The summed E-state index contributed by atoms with van der Waals surface area (Å²) < 4.78 is 26.6. The normalized spacial score (nSPS) is 15.3. The van der Waals surface area contributed by atoms with E-state index >= 15 is 0 Å². The van der Waals surface area contributed by atoms with Crippen molar-refractivity contribution in [2.45, 2.75) is 0 Å². The Morgan fingerprint density at radius 1 is 0.476 bits per heavy atom. The Hall–Kier alpha value is 0.250. The zero-order valence-corrected chi connectivity index (χ0v) is 13.1. The molecule has 17 heteroatoms. The number of nitrogens with one attached hydrogen (secondary N) is 2. The maximum absolute atomic E-state index is 8.88. The van der Waals surface area contributed by atoms with Gasteiger partial charge in [-0.2, -0.15) is 0 Å². The van der Waals surface area contributed by atoms with Crippen LogP contribution in [0.4, 0.5) is 0 Å². The SMILES string of the molecule is C1CNCCN1.O=P(O)(O)O.O=P(O)(O)O.O=P(O)(O)O. The summed E-state index contributed by atoms with van der Waals surface area (Å²) >= 11 is 0. The third kappa shape index (κ3) is 173. The minimum absolute atomic E-state index is 1.14. The lowest BCUT2D eigenvalue weighted by Gasteiger charge is -2.11. The molecule has 11 N–H and O–H groups in total. The fourth-order valence-electron chi connectivity index (χ4n) is 0.604. The fourth-order valence-corrected chi connectivity index (χ4v) is 0.604. The molecule has 1 saturated heterocycles. The number of hydrogen-bond acceptors (Lipinski definition) is 5. The van der Waals surface area contributed by atoms with Crippen LogP contribution < -0.4 is 10.6 Å². The Kier molecular flexibility index (Phi) is 15.9. The Labute approximate surface area is 119 Å².